The molecule has 1 heterocycles. The van der Waals surface area contributed by atoms with Crippen LogP contribution >= 0.6 is 0 Å². The van der Waals surface area contributed by atoms with E-state index in [0.717, 1.165) is 43.3 Å². The van der Waals surface area contributed by atoms with E-state index in [9.17, 15) is 9.59 Å². The van der Waals surface area contributed by atoms with Crippen molar-refractivity contribution in [1.29, 1.82) is 0 Å². The molecular formula is C32H36N4O3. The molecular weight excluding hydrogens is 488 g/mol. The number of nitrogens with zero attached hydrogens (tertiary/aromatic N) is 2. The molecule has 0 unspecified atom stereocenters. The molecule has 3 aromatic carbocycles. The van der Waals surface area contributed by atoms with Gasteiger partial charge in [-0.2, -0.15) is 0 Å². The quantitative estimate of drug-likeness (QED) is 0.386. The summed E-state index contributed by atoms with van der Waals surface area (Å²) in [5.74, 6) is 0.874. The Bertz CT molecular complexity index is 1290. The van der Waals surface area contributed by atoms with Crippen molar-refractivity contribution in [3.05, 3.63) is 78.4 Å². The Kier molecular flexibility index (Phi) is 7.61. The lowest BCUT2D eigenvalue weighted by Crippen LogP contribution is -2.49. The van der Waals surface area contributed by atoms with Gasteiger partial charge in [0.1, 0.15) is 5.75 Å². The van der Waals surface area contributed by atoms with E-state index in [1.165, 1.54) is 25.7 Å². The van der Waals surface area contributed by atoms with Crippen LogP contribution in [0.2, 0.25) is 0 Å². The number of anilines is 2. The lowest BCUT2D eigenvalue weighted by molar-refractivity contribution is -0.117. The molecule has 0 radical (unpaired) electrons. The summed E-state index contributed by atoms with van der Waals surface area (Å²) in [5, 5.41) is 6.01. The van der Waals surface area contributed by atoms with Gasteiger partial charge in [0.2, 0.25) is 5.91 Å². The molecule has 0 bridgehead atoms. The standard InChI is InChI=1S/C32H36N4O3/c37-31(21-35-16-18-36(19-17-35)28-13-14-28)34-29-20-26(10-15-30(29)39-22-23-6-7-23)32(38)33-27-11-8-25(9-12-27)24-4-2-1-3-5-24/h1-5,8-12,15,20,23,28H,6-7,13-14,16-19,21-22H2,(H,33,38)(H,34,37). The van der Waals surface area contributed by atoms with Crippen LogP contribution in [0.4, 0.5) is 11.4 Å². The summed E-state index contributed by atoms with van der Waals surface area (Å²) in [5.41, 5.74) is 3.94. The van der Waals surface area contributed by atoms with Crippen LogP contribution in [0.25, 0.3) is 11.1 Å². The summed E-state index contributed by atoms with van der Waals surface area (Å²) in [6.07, 6.45) is 4.98. The Morgan fingerprint density at radius 1 is 0.795 bits per heavy atom. The number of hydrogen-bond acceptors (Lipinski definition) is 5. The Balaban J connectivity index is 1.10. The van der Waals surface area contributed by atoms with Gasteiger partial charge in [0.15, 0.2) is 0 Å². The highest BCUT2D eigenvalue weighted by Crippen LogP contribution is 2.33. The number of carbonyl (C=O) groups excluding carboxylic acids is 2. The molecule has 0 spiro atoms. The van der Waals surface area contributed by atoms with Gasteiger partial charge in [0.05, 0.1) is 18.8 Å². The molecule has 0 atom stereocenters. The Morgan fingerprint density at radius 2 is 1.51 bits per heavy atom. The van der Waals surface area contributed by atoms with Crippen molar-refractivity contribution in [2.45, 2.75) is 31.7 Å². The fourth-order valence-electron chi connectivity index (χ4n) is 5.09. The first kappa shape index (κ1) is 25.6. The third kappa shape index (κ3) is 6.85. The van der Waals surface area contributed by atoms with E-state index in [-0.39, 0.29) is 11.8 Å². The maximum atomic E-state index is 13.1. The molecule has 39 heavy (non-hydrogen) atoms. The highest BCUT2D eigenvalue weighted by Gasteiger charge is 2.31. The zero-order chi connectivity index (χ0) is 26.6. The van der Waals surface area contributed by atoms with Crippen molar-refractivity contribution >= 4 is 23.2 Å². The monoisotopic (exact) mass is 524 g/mol. The van der Waals surface area contributed by atoms with Gasteiger partial charge in [-0.05, 0) is 73.1 Å². The second kappa shape index (κ2) is 11.6. The van der Waals surface area contributed by atoms with Crippen LogP contribution in [0.5, 0.6) is 5.75 Å². The molecule has 3 aromatic rings. The van der Waals surface area contributed by atoms with E-state index in [2.05, 4.69) is 32.6 Å². The number of piperazine rings is 1. The van der Waals surface area contributed by atoms with E-state index in [1.807, 2.05) is 42.5 Å². The zero-order valence-corrected chi connectivity index (χ0v) is 22.3. The second-order valence-corrected chi connectivity index (χ2v) is 11.0. The molecule has 7 heteroatoms. The minimum atomic E-state index is -0.233. The average Bonchev–Trinajstić information content (AvgIpc) is 3.88. The zero-order valence-electron chi connectivity index (χ0n) is 22.3. The maximum absolute atomic E-state index is 13.1. The fourth-order valence-corrected chi connectivity index (χ4v) is 5.09. The predicted octanol–water partition coefficient (Wildman–Crippen LogP) is 5.11. The van der Waals surface area contributed by atoms with Gasteiger partial charge in [-0.25, -0.2) is 0 Å². The van der Waals surface area contributed by atoms with E-state index in [4.69, 9.17) is 4.74 Å². The normalized spacial score (nSPS) is 17.9. The smallest absolute Gasteiger partial charge is 0.255 e. The molecule has 3 aliphatic rings. The van der Waals surface area contributed by atoms with Crippen molar-refractivity contribution < 1.29 is 14.3 Å². The van der Waals surface area contributed by atoms with E-state index in [1.54, 1.807) is 18.2 Å². The first-order valence-electron chi connectivity index (χ1n) is 14.1. The molecule has 2 N–H and O–H groups in total. The summed E-state index contributed by atoms with van der Waals surface area (Å²) in [4.78, 5) is 30.9. The summed E-state index contributed by atoms with van der Waals surface area (Å²) in [7, 11) is 0. The van der Waals surface area contributed by atoms with Crippen LogP contribution in [0, 0.1) is 5.92 Å². The summed E-state index contributed by atoms with van der Waals surface area (Å²) >= 11 is 0. The van der Waals surface area contributed by atoms with Gasteiger partial charge in [0, 0.05) is 43.5 Å². The van der Waals surface area contributed by atoms with Crippen LogP contribution in [0.1, 0.15) is 36.0 Å². The molecule has 1 aliphatic heterocycles. The number of carbonyl (C=O) groups is 2. The van der Waals surface area contributed by atoms with Gasteiger partial charge < -0.3 is 15.4 Å². The van der Waals surface area contributed by atoms with Gasteiger partial charge in [-0.1, -0.05) is 42.5 Å². The van der Waals surface area contributed by atoms with Crippen LogP contribution in [-0.2, 0) is 4.79 Å². The molecule has 2 saturated carbocycles. The molecule has 0 aromatic heterocycles. The Labute approximate surface area is 230 Å². The van der Waals surface area contributed by atoms with Crippen molar-refractivity contribution in [2.24, 2.45) is 5.92 Å². The van der Waals surface area contributed by atoms with Gasteiger partial charge in [-0.3, -0.25) is 19.4 Å². The third-order valence-corrected chi connectivity index (χ3v) is 7.77. The minimum Gasteiger partial charge on any atom is -0.491 e. The van der Waals surface area contributed by atoms with Gasteiger partial charge in [0.25, 0.3) is 5.91 Å². The summed E-state index contributed by atoms with van der Waals surface area (Å²) in [6, 6.07) is 24.0. The molecule has 3 fully saturated rings. The van der Waals surface area contributed by atoms with Crippen LogP contribution < -0.4 is 15.4 Å². The highest BCUT2D eigenvalue weighted by molar-refractivity contribution is 6.06. The van der Waals surface area contributed by atoms with Crippen LogP contribution in [-0.4, -0.2) is 67.0 Å². The molecule has 7 nitrogen and oxygen atoms in total. The Morgan fingerprint density at radius 3 is 2.21 bits per heavy atom. The Hall–Kier alpha value is -3.68. The number of amides is 2. The molecule has 202 valence electrons. The molecule has 6 rings (SSSR count). The number of nitrogens with one attached hydrogen (secondary N) is 2. The van der Waals surface area contributed by atoms with Crippen molar-refractivity contribution in [2.75, 3.05) is 50.0 Å². The summed E-state index contributed by atoms with van der Waals surface area (Å²) in [6.45, 7) is 4.82. The van der Waals surface area contributed by atoms with Crippen LogP contribution in [0.15, 0.2) is 72.8 Å². The van der Waals surface area contributed by atoms with E-state index in [0.29, 0.717) is 41.8 Å². The predicted molar refractivity (Wildman–Crippen MR) is 154 cm³/mol. The largest absolute Gasteiger partial charge is 0.491 e. The van der Waals surface area contributed by atoms with E-state index >= 15 is 0 Å². The number of benzene rings is 3. The third-order valence-electron chi connectivity index (χ3n) is 7.77. The number of rotatable bonds is 10. The lowest BCUT2D eigenvalue weighted by atomic mass is 10.1. The first-order chi connectivity index (χ1) is 19.1. The van der Waals surface area contributed by atoms with E-state index < -0.39 is 0 Å². The van der Waals surface area contributed by atoms with Crippen molar-refractivity contribution in [1.82, 2.24) is 9.80 Å². The number of hydrogen-bond donors (Lipinski definition) is 2. The summed E-state index contributed by atoms with van der Waals surface area (Å²) < 4.78 is 6.04. The van der Waals surface area contributed by atoms with Crippen molar-refractivity contribution in [3.63, 3.8) is 0 Å². The SMILES string of the molecule is O=C(CN1CCN(C2CC2)CC1)Nc1cc(C(=O)Nc2ccc(-c3ccccc3)cc2)ccc1OCC1CC1. The van der Waals surface area contributed by atoms with Gasteiger partial charge >= 0.3 is 0 Å². The van der Waals surface area contributed by atoms with Crippen LogP contribution in [0.3, 0.4) is 0 Å². The highest BCUT2D eigenvalue weighted by atomic mass is 16.5. The number of ether oxygens (including phenoxy) is 1. The lowest BCUT2D eigenvalue weighted by Gasteiger charge is -2.34. The topological polar surface area (TPSA) is 73.9 Å². The molecule has 2 amide bonds. The van der Waals surface area contributed by atoms with Gasteiger partial charge in [-0.15, -0.1) is 0 Å². The average molecular weight is 525 g/mol. The molecule has 2 aliphatic carbocycles. The fraction of sp³-hybridized carbons (Fsp3) is 0.375. The minimum absolute atomic E-state index is 0.0831. The maximum Gasteiger partial charge on any atom is 0.255 e. The molecule has 1 saturated heterocycles. The second-order valence-electron chi connectivity index (χ2n) is 11.0. The first-order valence-corrected chi connectivity index (χ1v) is 14.1. The van der Waals surface area contributed by atoms with Crippen molar-refractivity contribution in [3.8, 4) is 16.9 Å².